The van der Waals surface area contributed by atoms with E-state index in [4.69, 9.17) is 5.11 Å². The Balaban J connectivity index is 2.59. The molecule has 60 valence electrons. The first-order chi connectivity index (χ1) is 5.16. The Hall–Kier alpha value is -1.32. The molecule has 2 unspecified atom stereocenters. The highest BCUT2D eigenvalue weighted by Crippen LogP contribution is 2.26. The number of methoxy groups -OCH3 is 1. The molecule has 1 N–H and O–H groups in total. The van der Waals surface area contributed by atoms with Gasteiger partial charge >= 0.3 is 11.9 Å². The van der Waals surface area contributed by atoms with Gasteiger partial charge < -0.3 is 9.84 Å². The summed E-state index contributed by atoms with van der Waals surface area (Å²) in [5.74, 6) is -2.75. The van der Waals surface area contributed by atoms with Crippen LogP contribution < -0.4 is 0 Å². The van der Waals surface area contributed by atoms with Crippen molar-refractivity contribution in [2.24, 2.45) is 11.8 Å². The molecule has 0 saturated carbocycles. The highest BCUT2D eigenvalue weighted by Gasteiger charge is 2.36. The van der Waals surface area contributed by atoms with E-state index >= 15 is 0 Å². The summed E-state index contributed by atoms with van der Waals surface area (Å²) >= 11 is 0. The van der Waals surface area contributed by atoms with Gasteiger partial charge in [-0.3, -0.25) is 9.59 Å². The summed E-state index contributed by atoms with van der Waals surface area (Å²) in [6, 6.07) is 0. The molecule has 1 aliphatic rings. The van der Waals surface area contributed by atoms with Gasteiger partial charge in [0.1, 0.15) is 0 Å². The Morgan fingerprint density at radius 2 is 1.91 bits per heavy atom. The molecule has 0 fully saturated rings. The third-order valence-corrected chi connectivity index (χ3v) is 1.67. The molecule has 11 heavy (non-hydrogen) atoms. The maximum atomic E-state index is 10.8. The van der Waals surface area contributed by atoms with Gasteiger partial charge in [0.05, 0.1) is 18.9 Å². The van der Waals surface area contributed by atoms with Crippen LogP contribution in [0.4, 0.5) is 0 Å². The molecule has 1 aliphatic carbocycles. The quantitative estimate of drug-likeness (QED) is 0.453. The third kappa shape index (κ3) is 1.24. The van der Waals surface area contributed by atoms with Gasteiger partial charge in [0.25, 0.3) is 0 Å². The highest BCUT2D eigenvalue weighted by molar-refractivity contribution is 5.86. The average molecular weight is 156 g/mol. The molecule has 0 aromatic heterocycles. The summed E-state index contributed by atoms with van der Waals surface area (Å²) in [6.45, 7) is 0. The van der Waals surface area contributed by atoms with Crippen molar-refractivity contribution in [1.29, 1.82) is 0 Å². The van der Waals surface area contributed by atoms with Crippen molar-refractivity contribution in [3.8, 4) is 0 Å². The minimum Gasteiger partial charge on any atom is -0.481 e. The smallest absolute Gasteiger partial charge is 0.313 e. The van der Waals surface area contributed by atoms with Gasteiger partial charge in [-0.2, -0.15) is 0 Å². The van der Waals surface area contributed by atoms with E-state index in [1.807, 2.05) is 0 Å². The fourth-order valence-corrected chi connectivity index (χ4v) is 0.931. The second-order valence-corrected chi connectivity index (χ2v) is 2.30. The molecule has 4 heteroatoms. The van der Waals surface area contributed by atoms with E-state index in [1.165, 1.54) is 19.3 Å². The monoisotopic (exact) mass is 156 g/mol. The molecule has 0 aromatic rings. The van der Waals surface area contributed by atoms with Crippen molar-refractivity contribution in [2.45, 2.75) is 0 Å². The molecular formula is C7H8O4. The lowest BCUT2D eigenvalue weighted by atomic mass is 9.82. The van der Waals surface area contributed by atoms with Crippen molar-refractivity contribution in [2.75, 3.05) is 7.11 Å². The molecule has 0 saturated heterocycles. The number of hydrogen-bond donors (Lipinski definition) is 1. The highest BCUT2D eigenvalue weighted by atomic mass is 16.5. The number of aliphatic carboxylic acids is 1. The molecule has 0 amide bonds. The fourth-order valence-electron chi connectivity index (χ4n) is 0.931. The Morgan fingerprint density at radius 3 is 2.18 bits per heavy atom. The van der Waals surface area contributed by atoms with Crippen LogP contribution in [0.5, 0.6) is 0 Å². The normalized spacial score (nSPS) is 27.4. The Bertz CT molecular complexity index is 218. The minimum absolute atomic E-state index is 0.486. The van der Waals surface area contributed by atoms with Gasteiger partial charge in [-0.05, 0) is 0 Å². The van der Waals surface area contributed by atoms with Crippen LogP contribution in [0, 0.1) is 11.8 Å². The van der Waals surface area contributed by atoms with Crippen LogP contribution in [0.25, 0.3) is 0 Å². The van der Waals surface area contributed by atoms with Crippen LogP contribution in [0.3, 0.4) is 0 Å². The van der Waals surface area contributed by atoms with E-state index < -0.39 is 23.8 Å². The van der Waals surface area contributed by atoms with E-state index in [2.05, 4.69) is 4.74 Å². The molecular weight excluding hydrogens is 148 g/mol. The summed E-state index contributed by atoms with van der Waals surface area (Å²) in [6.07, 6.45) is 3.01. The largest absolute Gasteiger partial charge is 0.481 e. The maximum Gasteiger partial charge on any atom is 0.313 e. The van der Waals surface area contributed by atoms with Crippen molar-refractivity contribution >= 4 is 11.9 Å². The van der Waals surface area contributed by atoms with Crippen LogP contribution in [-0.2, 0) is 14.3 Å². The van der Waals surface area contributed by atoms with Crippen LogP contribution >= 0.6 is 0 Å². The molecule has 2 atom stereocenters. The van der Waals surface area contributed by atoms with Crippen molar-refractivity contribution in [1.82, 2.24) is 0 Å². The fraction of sp³-hybridized carbons (Fsp3) is 0.429. The zero-order chi connectivity index (χ0) is 8.43. The van der Waals surface area contributed by atoms with Gasteiger partial charge in [-0.1, -0.05) is 12.2 Å². The lowest BCUT2D eigenvalue weighted by Crippen LogP contribution is -2.33. The molecule has 0 bridgehead atoms. The Labute approximate surface area is 63.5 Å². The van der Waals surface area contributed by atoms with Crippen LogP contribution in [0.15, 0.2) is 12.2 Å². The summed E-state index contributed by atoms with van der Waals surface area (Å²) < 4.78 is 4.38. The summed E-state index contributed by atoms with van der Waals surface area (Å²) in [5.41, 5.74) is 0. The van der Waals surface area contributed by atoms with Crippen molar-refractivity contribution in [3.63, 3.8) is 0 Å². The molecule has 0 radical (unpaired) electrons. The predicted molar refractivity (Wildman–Crippen MR) is 35.8 cm³/mol. The van der Waals surface area contributed by atoms with Crippen LogP contribution in [-0.4, -0.2) is 24.2 Å². The first kappa shape index (κ1) is 7.78. The van der Waals surface area contributed by atoms with Crippen LogP contribution in [0.2, 0.25) is 0 Å². The number of hydrogen-bond acceptors (Lipinski definition) is 3. The first-order valence-corrected chi connectivity index (χ1v) is 3.15. The summed E-state index contributed by atoms with van der Waals surface area (Å²) in [4.78, 5) is 21.1. The number of carboxylic acid groups (broad SMARTS) is 1. The number of rotatable bonds is 2. The summed E-state index contributed by atoms with van der Waals surface area (Å²) in [7, 11) is 1.24. The van der Waals surface area contributed by atoms with Gasteiger partial charge in [0, 0.05) is 0 Å². The minimum atomic E-state index is -0.983. The second-order valence-electron chi connectivity index (χ2n) is 2.30. The lowest BCUT2D eigenvalue weighted by Gasteiger charge is -2.22. The Morgan fingerprint density at radius 1 is 1.36 bits per heavy atom. The van der Waals surface area contributed by atoms with E-state index in [0.29, 0.717) is 0 Å². The van der Waals surface area contributed by atoms with E-state index in [0.717, 1.165) is 0 Å². The van der Waals surface area contributed by atoms with Gasteiger partial charge in [0.2, 0.25) is 0 Å². The maximum absolute atomic E-state index is 10.8. The second kappa shape index (κ2) is 2.74. The predicted octanol–water partition coefficient (Wildman–Crippen LogP) is 0.0462. The number of carboxylic acids is 1. The molecule has 0 spiro atoms. The molecule has 4 nitrogen and oxygen atoms in total. The van der Waals surface area contributed by atoms with Crippen LogP contribution in [0.1, 0.15) is 0 Å². The number of carbonyl (C=O) groups excluding carboxylic acids is 1. The van der Waals surface area contributed by atoms with Gasteiger partial charge in [-0.15, -0.1) is 0 Å². The molecule has 0 aromatic carbocycles. The number of ether oxygens (including phenoxy) is 1. The van der Waals surface area contributed by atoms with Gasteiger partial charge in [-0.25, -0.2) is 0 Å². The zero-order valence-corrected chi connectivity index (χ0v) is 5.98. The lowest BCUT2D eigenvalue weighted by molar-refractivity contribution is -0.153. The molecule has 0 aliphatic heterocycles. The van der Waals surface area contributed by atoms with E-state index in [9.17, 15) is 9.59 Å². The molecule has 1 rings (SSSR count). The molecule has 0 heterocycles. The average Bonchev–Trinajstić information content (AvgIpc) is 1.83. The SMILES string of the molecule is COC(=O)C1C=CC1C(=O)O. The van der Waals surface area contributed by atoms with E-state index in [-0.39, 0.29) is 0 Å². The zero-order valence-electron chi connectivity index (χ0n) is 5.98. The Kier molecular flexibility index (Phi) is 1.94. The van der Waals surface area contributed by atoms with Gasteiger partial charge in [0.15, 0.2) is 0 Å². The topological polar surface area (TPSA) is 63.6 Å². The van der Waals surface area contributed by atoms with Crippen molar-refractivity contribution < 1.29 is 19.4 Å². The number of carbonyl (C=O) groups is 2. The van der Waals surface area contributed by atoms with E-state index in [1.54, 1.807) is 0 Å². The van der Waals surface area contributed by atoms with Crippen molar-refractivity contribution in [3.05, 3.63) is 12.2 Å². The first-order valence-electron chi connectivity index (χ1n) is 3.15. The standard InChI is InChI=1S/C7H8O4/c1-11-7(10)5-3-2-4(5)6(8)9/h2-5H,1H3,(H,8,9). The number of esters is 1. The third-order valence-electron chi connectivity index (χ3n) is 1.67. The summed E-state index contributed by atoms with van der Waals surface area (Å²) in [5, 5.41) is 8.49.